The van der Waals surface area contributed by atoms with E-state index < -0.39 is 0 Å². The molecule has 0 spiro atoms. The molecular weight excluding hydrogens is 378 g/mol. The number of ether oxygens (including phenoxy) is 1. The Kier molecular flexibility index (Phi) is 4.86. The van der Waals surface area contributed by atoms with Crippen molar-refractivity contribution in [3.8, 4) is 22.8 Å². The molecule has 0 saturated carbocycles. The number of carbonyl (C=O) groups excluding carboxylic acids is 1. The van der Waals surface area contributed by atoms with Gasteiger partial charge >= 0.3 is 0 Å². The van der Waals surface area contributed by atoms with Gasteiger partial charge in [-0.25, -0.2) is 9.97 Å². The summed E-state index contributed by atoms with van der Waals surface area (Å²) in [5.41, 5.74) is 4.67. The van der Waals surface area contributed by atoms with E-state index in [-0.39, 0.29) is 5.91 Å². The van der Waals surface area contributed by atoms with Gasteiger partial charge in [-0.3, -0.25) is 14.8 Å². The average Bonchev–Trinajstić information content (AvgIpc) is 2.84. The lowest BCUT2D eigenvalue weighted by Gasteiger charge is -2.26. The van der Waals surface area contributed by atoms with Gasteiger partial charge < -0.3 is 9.64 Å². The molecule has 1 aromatic carbocycles. The summed E-state index contributed by atoms with van der Waals surface area (Å²) >= 11 is 0. The molecule has 0 unspecified atom stereocenters. The molecule has 0 atom stereocenters. The van der Waals surface area contributed by atoms with Crippen LogP contribution in [0.2, 0.25) is 0 Å². The highest BCUT2D eigenvalue weighted by molar-refractivity contribution is 5.98. The van der Waals surface area contributed by atoms with Gasteiger partial charge in [0.05, 0.1) is 35.6 Å². The number of rotatable bonds is 3. The van der Waals surface area contributed by atoms with Crippen LogP contribution in [0.3, 0.4) is 0 Å². The molecule has 7 heteroatoms. The first-order valence-corrected chi connectivity index (χ1v) is 9.81. The van der Waals surface area contributed by atoms with E-state index in [9.17, 15) is 4.79 Å². The Balaban J connectivity index is 1.63. The van der Waals surface area contributed by atoms with Gasteiger partial charge in [-0.1, -0.05) is 12.1 Å². The van der Waals surface area contributed by atoms with Gasteiger partial charge in [-0.15, -0.1) is 0 Å². The molecule has 0 aliphatic carbocycles. The zero-order chi connectivity index (χ0) is 20.3. The maximum atomic E-state index is 12.9. The first kappa shape index (κ1) is 18.3. The van der Waals surface area contributed by atoms with E-state index in [0.717, 1.165) is 5.69 Å². The minimum Gasteiger partial charge on any atom is -0.378 e. The Morgan fingerprint density at radius 3 is 2.03 bits per heavy atom. The number of pyridine rings is 2. The molecule has 5 rings (SSSR count). The van der Waals surface area contributed by atoms with Crippen molar-refractivity contribution in [2.45, 2.75) is 0 Å². The molecule has 1 aliphatic rings. The van der Waals surface area contributed by atoms with Crippen LogP contribution < -0.4 is 0 Å². The normalized spacial score (nSPS) is 14.1. The summed E-state index contributed by atoms with van der Waals surface area (Å²) in [4.78, 5) is 33.3. The molecular formula is C23H19N5O2. The Morgan fingerprint density at radius 2 is 1.43 bits per heavy atom. The molecule has 0 bridgehead atoms. The molecule has 1 amide bonds. The Morgan fingerprint density at radius 1 is 0.800 bits per heavy atom. The topological polar surface area (TPSA) is 81.1 Å². The summed E-state index contributed by atoms with van der Waals surface area (Å²) in [5.74, 6) is -0.0183. The van der Waals surface area contributed by atoms with E-state index in [1.165, 1.54) is 0 Å². The van der Waals surface area contributed by atoms with Crippen molar-refractivity contribution < 1.29 is 9.53 Å². The molecule has 4 heterocycles. The summed E-state index contributed by atoms with van der Waals surface area (Å²) in [6, 6.07) is 16.8. The number of morpholine rings is 1. The quantitative estimate of drug-likeness (QED) is 0.528. The molecule has 7 nitrogen and oxygen atoms in total. The predicted molar refractivity (Wildman–Crippen MR) is 113 cm³/mol. The SMILES string of the molecule is O=C(c1ccc2nc(-c3ccccn3)c(-c3ccccn3)nc2c1)N1CCOCC1. The summed E-state index contributed by atoms with van der Waals surface area (Å²) in [6.07, 6.45) is 3.45. The van der Waals surface area contributed by atoms with Crippen molar-refractivity contribution in [1.82, 2.24) is 24.8 Å². The lowest BCUT2D eigenvalue weighted by molar-refractivity contribution is 0.0303. The third-order valence-electron chi connectivity index (χ3n) is 5.02. The van der Waals surface area contributed by atoms with E-state index in [0.29, 0.717) is 60.0 Å². The predicted octanol–water partition coefficient (Wildman–Crippen LogP) is 3.23. The van der Waals surface area contributed by atoms with Gasteiger partial charge in [0.2, 0.25) is 0 Å². The van der Waals surface area contributed by atoms with E-state index in [1.54, 1.807) is 29.4 Å². The molecule has 148 valence electrons. The van der Waals surface area contributed by atoms with Gasteiger partial charge in [0, 0.05) is 31.0 Å². The van der Waals surface area contributed by atoms with E-state index in [4.69, 9.17) is 14.7 Å². The second kappa shape index (κ2) is 7.96. The minimum atomic E-state index is -0.0183. The fourth-order valence-corrected chi connectivity index (χ4v) is 3.50. The van der Waals surface area contributed by atoms with Crippen LogP contribution in [0.5, 0.6) is 0 Å². The molecule has 0 N–H and O–H groups in total. The van der Waals surface area contributed by atoms with Gasteiger partial charge in [0.25, 0.3) is 5.91 Å². The third-order valence-corrected chi connectivity index (χ3v) is 5.02. The molecule has 1 fully saturated rings. The van der Waals surface area contributed by atoms with Crippen LogP contribution in [-0.2, 0) is 4.74 Å². The monoisotopic (exact) mass is 397 g/mol. The minimum absolute atomic E-state index is 0.0183. The molecule has 4 aromatic rings. The highest BCUT2D eigenvalue weighted by Crippen LogP contribution is 2.29. The number of aromatic nitrogens is 4. The number of hydrogen-bond acceptors (Lipinski definition) is 6. The van der Waals surface area contributed by atoms with Gasteiger partial charge in [0.15, 0.2) is 0 Å². The molecule has 1 saturated heterocycles. The van der Waals surface area contributed by atoms with Crippen LogP contribution in [0.25, 0.3) is 33.8 Å². The second-order valence-electron chi connectivity index (χ2n) is 6.96. The molecule has 30 heavy (non-hydrogen) atoms. The van der Waals surface area contributed by atoms with Crippen LogP contribution >= 0.6 is 0 Å². The lowest BCUT2D eigenvalue weighted by Crippen LogP contribution is -2.40. The Hall–Kier alpha value is -3.71. The van der Waals surface area contributed by atoms with Crippen LogP contribution in [0.15, 0.2) is 67.0 Å². The van der Waals surface area contributed by atoms with Crippen LogP contribution in [0.1, 0.15) is 10.4 Å². The van der Waals surface area contributed by atoms with Gasteiger partial charge in [-0.2, -0.15) is 0 Å². The smallest absolute Gasteiger partial charge is 0.254 e. The van der Waals surface area contributed by atoms with Crippen molar-refractivity contribution in [1.29, 1.82) is 0 Å². The van der Waals surface area contributed by atoms with Crippen molar-refractivity contribution in [3.63, 3.8) is 0 Å². The summed E-state index contributed by atoms with van der Waals surface area (Å²) in [6.45, 7) is 2.33. The number of carbonyl (C=O) groups is 1. The molecule has 1 aliphatic heterocycles. The first-order chi connectivity index (χ1) is 14.8. The van der Waals surface area contributed by atoms with E-state index in [2.05, 4.69) is 9.97 Å². The van der Waals surface area contributed by atoms with Crippen molar-refractivity contribution >= 4 is 16.9 Å². The zero-order valence-electron chi connectivity index (χ0n) is 16.2. The fraction of sp³-hybridized carbons (Fsp3) is 0.174. The Labute approximate surface area is 173 Å². The third kappa shape index (κ3) is 3.51. The number of fused-ring (bicyclic) bond motifs is 1. The lowest BCUT2D eigenvalue weighted by atomic mass is 10.1. The van der Waals surface area contributed by atoms with Gasteiger partial charge in [0.1, 0.15) is 11.4 Å². The molecule has 0 radical (unpaired) electrons. The highest BCUT2D eigenvalue weighted by Gasteiger charge is 2.20. The van der Waals surface area contributed by atoms with Crippen LogP contribution in [-0.4, -0.2) is 57.0 Å². The largest absolute Gasteiger partial charge is 0.378 e. The number of amides is 1. The maximum absolute atomic E-state index is 12.9. The maximum Gasteiger partial charge on any atom is 0.254 e. The van der Waals surface area contributed by atoms with Crippen LogP contribution in [0, 0.1) is 0 Å². The molecule has 3 aromatic heterocycles. The number of benzene rings is 1. The number of hydrogen-bond donors (Lipinski definition) is 0. The van der Waals surface area contributed by atoms with Crippen molar-refractivity contribution in [2.24, 2.45) is 0 Å². The standard InChI is InChI=1S/C23H19N5O2/c29-23(28-11-13-30-14-12-28)16-7-8-17-20(15-16)27-22(19-6-2-4-10-25-19)21(26-17)18-5-1-3-9-24-18/h1-10,15H,11-14H2. The zero-order valence-corrected chi connectivity index (χ0v) is 16.2. The van der Waals surface area contributed by atoms with Crippen molar-refractivity contribution in [3.05, 3.63) is 72.6 Å². The first-order valence-electron chi connectivity index (χ1n) is 9.81. The van der Waals surface area contributed by atoms with Crippen LogP contribution in [0.4, 0.5) is 0 Å². The Bertz CT molecular complexity index is 1190. The van der Waals surface area contributed by atoms with E-state index in [1.807, 2.05) is 42.5 Å². The number of nitrogens with zero attached hydrogens (tertiary/aromatic N) is 5. The van der Waals surface area contributed by atoms with Gasteiger partial charge in [-0.05, 0) is 42.5 Å². The summed E-state index contributed by atoms with van der Waals surface area (Å²) in [5, 5.41) is 0. The van der Waals surface area contributed by atoms with Crippen molar-refractivity contribution in [2.75, 3.05) is 26.3 Å². The van der Waals surface area contributed by atoms with E-state index >= 15 is 0 Å². The summed E-state index contributed by atoms with van der Waals surface area (Å²) in [7, 11) is 0. The summed E-state index contributed by atoms with van der Waals surface area (Å²) < 4.78 is 5.35. The second-order valence-corrected chi connectivity index (χ2v) is 6.96. The fourth-order valence-electron chi connectivity index (χ4n) is 3.50. The highest BCUT2D eigenvalue weighted by atomic mass is 16.5. The average molecular weight is 397 g/mol.